The van der Waals surface area contributed by atoms with E-state index in [9.17, 15) is 0 Å². The second kappa shape index (κ2) is 7.52. The predicted molar refractivity (Wildman–Crippen MR) is 98.3 cm³/mol. The highest BCUT2D eigenvalue weighted by molar-refractivity contribution is 5.41. The molecule has 8 nitrogen and oxygen atoms in total. The summed E-state index contributed by atoms with van der Waals surface area (Å²) < 4.78 is 11.3. The zero-order chi connectivity index (χ0) is 18.1. The van der Waals surface area contributed by atoms with Gasteiger partial charge < -0.3 is 14.1 Å². The molecule has 2 saturated heterocycles. The summed E-state index contributed by atoms with van der Waals surface area (Å²) in [6, 6.07) is 3.25. The molecule has 3 aliphatic rings. The summed E-state index contributed by atoms with van der Waals surface area (Å²) in [5.41, 5.74) is 0. The third-order valence-corrected chi connectivity index (χ3v) is 5.84. The molecule has 1 saturated carbocycles. The van der Waals surface area contributed by atoms with E-state index in [0.29, 0.717) is 18.7 Å². The minimum absolute atomic E-state index is 0.275. The first kappa shape index (κ1) is 17.1. The maximum Gasteiger partial charge on any atom is 0.230 e. The van der Waals surface area contributed by atoms with Gasteiger partial charge in [-0.25, -0.2) is 9.97 Å². The fraction of sp³-hybridized carbons (Fsp3) is 0.684. The Morgan fingerprint density at radius 2 is 1.93 bits per heavy atom. The second-order valence-electron chi connectivity index (χ2n) is 7.81. The summed E-state index contributed by atoms with van der Waals surface area (Å²) in [7, 11) is 0. The van der Waals surface area contributed by atoms with Crippen molar-refractivity contribution in [2.45, 2.75) is 56.7 Å². The minimum Gasteiger partial charge on any atom is -0.423 e. The average Bonchev–Trinajstić information content (AvgIpc) is 3.19. The van der Waals surface area contributed by atoms with E-state index >= 15 is 0 Å². The first-order valence-electron chi connectivity index (χ1n) is 10.0. The molecular formula is C19H26N6O2. The van der Waals surface area contributed by atoms with E-state index in [-0.39, 0.29) is 5.92 Å². The summed E-state index contributed by atoms with van der Waals surface area (Å²) in [4.78, 5) is 13.5. The summed E-state index contributed by atoms with van der Waals surface area (Å²) in [5.74, 6) is 2.81. The Balaban J connectivity index is 1.18. The van der Waals surface area contributed by atoms with E-state index < -0.39 is 0 Å². The van der Waals surface area contributed by atoms with Gasteiger partial charge in [-0.2, -0.15) is 0 Å². The highest BCUT2D eigenvalue weighted by Gasteiger charge is 2.36. The van der Waals surface area contributed by atoms with Crippen LogP contribution in [-0.4, -0.2) is 63.5 Å². The number of likely N-dealkylation sites (tertiary alicyclic amines) is 1. The quantitative estimate of drug-likeness (QED) is 0.764. The molecule has 0 aromatic carbocycles. The van der Waals surface area contributed by atoms with E-state index in [0.717, 1.165) is 63.1 Å². The number of nitrogens with zero attached hydrogens (tertiary/aromatic N) is 6. The third-order valence-electron chi connectivity index (χ3n) is 5.84. The lowest BCUT2D eigenvalue weighted by Gasteiger charge is -2.39. The van der Waals surface area contributed by atoms with E-state index in [4.69, 9.17) is 9.15 Å². The first-order chi connectivity index (χ1) is 13.4. The zero-order valence-electron chi connectivity index (χ0n) is 15.5. The van der Waals surface area contributed by atoms with Crippen molar-refractivity contribution in [3.05, 3.63) is 30.4 Å². The van der Waals surface area contributed by atoms with Crippen molar-refractivity contribution in [2.24, 2.45) is 0 Å². The molecule has 0 amide bonds. The fourth-order valence-corrected chi connectivity index (χ4v) is 4.23. The van der Waals surface area contributed by atoms with Gasteiger partial charge in [0.05, 0.1) is 19.1 Å². The Bertz CT molecular complexity index is 736. The smallest absolute Gasteiger partial charge is 0.230 e. The van der Waals surface area contributed by atoms with E-state index in [1.54, 1.807) is 6.33 Å². The minimum atomic E-state index is 0.275. The van der Waals surface area contributed by atoms with Crippen molar-refractivity contribution in [3.8, 4) is 0 Å². The van der Waals surface area contributed by atoms with Crippen molar-refractivity contribution in [1.82, 2.24) is 25.1 Å². The van der Waals surface area contributed by atoms with Crippen molar-refractivity contribution in [1.29, 1.82) is 0 Å². The van der Waals surface area contributed by atoms with Crippen LogP contribution in [0.3, 0.4) is 0 Å². The summed E-state index contributed by atoms with van der Waals surface area (Å²) in [6.45, 7) is 4.32. The zero-order valence-corrected chi connectivity index (χ0v) is 15.5. The largest absolute Gasteiger partial charge is 0.423 e. The summed E-state index contributed by atoms with van der Waals surface area (Å²) >= 11 is 0. The summed E-state index contributed by atoms with van der Waals surface area (Å²) in [6.07, 6.45) is 9.31. The predicted octanol–water partition coefficient (Wildman–Crippen LogP) is 2.00. The van der Waals surface area contributed by atoms with E-state index in [1.165, 1.54) is 12.8 Å². The Kier molecular flexibility index (Phi) is 4.75. The number of aromatic nitrogens is 4. The second-order valence-corrected chi connectivity index (χ2v) is 7.81. The normalized spacial score (nSPS) is 24.4. The number of hydrogen-bond acceptors (Lipinski definition) is 8. The van der Waals surface area contributed by atoms with Gasteiger partial charge in [0.25, 0.3) is 0 Å². The molecule has 2 aromatic heterocycles. The molecule has 8 heteroatoms. The molecule has 0 radical (unpaired) electrons. The lowest BCUT2D eigenvalue weighted by atomic mass is 10.0. The average molecular weight is 370 g/mol. The molecule has 144 valence electrons. The van der Waals surface area contributed by atoms with Crippen LogP contribution in [0.25, 0.3) is 0 Å². The number of piperidine rings is 1. The molecule has 0 N–H and O–H groups in total. The van der Waals surface area contributed by atoms with Gasteiger partial charge in [0.15, 0.2) is 0 Å². The van der Waals surface area contributed by atoms with Crippen molar-refractivity contribution in [2.75, 3.05) is 31.2 Å². The molecule has 2 aromatic rings. The lowest BCUT2D eigenvalue weighted by molar-refractivity contribution is 0.179. The molecule has 0 bridgehead atoms. The van der Waals surface area contributed by atoms with Crippen molar-refractivity contribution < 1.29 is 9.15 Å². The number of ether oxygens (including phenoxy) is 1. The van der Waals surface area contributed by atoms with Gasteiger partial charge in [0, 0.05) is 38.0 Å². The molecule has 27 heavy (non-hydrogen) atoms. The Morgan fingerprint density at radius 3 is 2.63 bits per heavy atom. The van der Waals surface area contributed by atoms with Gasteiger partial charge in [-0.1, -0.05) is 0 Å². The Morgan fingerprint density at radius 1 is 1.07 bits per heavy atom. The fourth-order valence-electron chi connectivity index (χ4n) is 4.23. The van der Waals surface area contributed by atoms with Gasteiger partial charge in [0.2, 0.25) is 11.8 Å². The van der Waals surface area contributed by atoms with Crippen LogP contribution in [0, 0.1) is 0 Å². The van der Waals surface area contributed by atoms with Crippen LogP contribution < -0.4 is 4.90 Å². The Labute approximate surface area is 158 Å². The van der Waals surface area contributed by atoms with Gasteiger partial charge in [-0.05, 0) is 38.2 Å². The van der Waals surface area contributed by atoms with Crippen LogP contribution in [0.15, 0.2) is 23.0 Å². The molecular weight excluding hydrogens is 344 g/mol. The molecule has 0 spiro atoms. The molecule has 1 unspecified atom stereocenters. The van der Waals surface area contributed by atoms with Crippen LogP contribution >= 0.6 is 0 Å². The lowest BCUT2D eigenvalue weighted by Crippen LogP contribution is -2.46. The van der Waals surface area contributed by atoms with Crippen LogP contribution in [0.5, 0.6) is 0 Å². The highest BCUT2D eigenvalue weighted by Crippen LogP contribution is 2.35. The highest BCUT2D eigenvalue weighted by atomic mass is 16.5. The molecule has 2 aliphatic heterocycles. The molecule has 1 atom stereocenters. The monoisotopic (exact) mass is 370 g/mol. The molecule has 4 heterocycles. The maximum atomic E-state index is 5.89. The first-order valence-corrected chi connectivity index (χ1v) is 10.0. The molecule has 3 fully saturated rings. The van der Waals surface area contributed by atoms with Crippen LogP contribution in [0.2, 0.25) is 0 Å². The van der Waals surface area contributed by atoms with Crippen LogP contribution in [-0.2, 0) is 11.3 Å². The molecule has 5 rings (SSSR count). The van der Waals surface area contributed by atoms with Crippen LogP contribution in [0.4, 0.5) is 5.82 Å². The number of hydrogen-bond donors (Lipinski definition) is 0. The SMILES string of the molecule is c1cc(N(C2CC2)C2CCN(Cc3nnc(C4CCOC4)o3)CC2)ncn1. The topological polar surface area (TPSA) is 80.4 Å². The summed E-state index contributed by atoms with van der Waals surface area (Å²) in [5, 5.41) is 8.49. The van der Waals surface area contributed by atoms with Crippen molar-refractivity contribution in [3.63, 3.8) is 0 Å². The third kappa shape index (κ3) is 3.82. The van der Waals surface area contributed by atoms with Gasteiger partial charge in [0.1, 0.15) is 12.1 Å². The number of anilines is 1. The van der Waals surface area contributed by atoms with Gasteiger partial charge >= 0.3 is 0 Å². The van der Waals surface area contributed by atoms with E-state index in [2.05, 4.69) is 30.0 Å². The number of rotatable bonds is 6. The van der Waals surface area contributed by atoms with E-state index in [1.807, 2.05) is 12.3 Å². The standard InChI is InChI=1S/C19H26N6O2/c1-2-15(1)25(17-3-7-20-13-21-17)16-4-8-24(9-5-16)11-18-22-23-19(27-18)14-6-10-26-12-14/h3,7,13-16H,1-2,4-6,8-12H2. The van der Waals surface area contributed by atoms with Gasteiger partial charge in [-0.3, -0.25) is 4.90 Å². The molecule has 1 aliphatic carbocycles. The van der Waals surface area contributed by atoms with Crippen molar-refractivity contribution >= 4 is 5.82 Å². The maximum absolute atomic E-state index is 5.89. The van der Waals surface area contributed by atoms with Gasteiger partial charge in [-0.15, -0.1) is 10.2 Å². The van der Waals surface area contributed by atoms with Crippen LogP contribution in [0.1, 0.15) is 49.8 Å². The Hall–Kier alpha value is -2.06.